The first kappa shape index (κ1) is 19.0. The molecule has 0 saturated heterocycles. The van der Waals surface area contributed by atoms with E-state index in [4.69, 9.17) is 4.74 Å². The summed E-state index contributed by atoms with van der Waals surface area (Å²) >= 11 is 0. The van der Waals surface area contributed by atoms with Crippen molar-refractivity contribution in [2.75, 3.05) is 13.2 Å². The van der Waals surface area contributed by atoms with E-state index in [2.05, 4.69) is 47.8 Å². The Balaban J connectivity index is 1.39. The summed E-state index contributed by atoms with van der Waals surface area (Å²) in [5.41, 5.74) is 2.50. The second-order valence-corrected chi connectivity index (χ2v) is 6.67. The van der Waals surface area contributed by atoms with E-state index in [-0.39, 0.29) is 5.91 Å². The van der Waals surface area contributed by atoms with Crippen molar-refractivity contribution in [3.8, 4) is 5.75 Å². The number of nitrogens with one attached hydrogen (secondary N) is 1. The molecule has 0 aliphatic rings. The zero-order chi connectivity index (χ0) is 18.9. The van der Waals surface area contributed by atoms with Gasteiger partial charge < -0.3 is 10.1 Å². The van der Waals surface area contributed by atoms with E-state index in [9.17, 15) is 4.79 Å². The Morgan fingerprint density at radius 1 is 0.926 bits per heavy atom. The highest BCUT2D eigenvalue weighted by Crippen LogP contribution is 2.19. The first-order valence-electron chi connectivity index (χ1n) is 9.71. The summed E-state index contributed by atoms with van der Waals surface area (Å²) in [6.07, 6.45) is 3.19. The van der Waals surface area contributed by atoms with Gasteiger partial charge in [-0.3, -0.25) is 4.79 Å². The molecule has 3 aromatic carbocycles. The van der Waals surface area contributed by atoms with Crippen LogP contribution in [-0.2, 0) is 17.6 Å². The Morgan fingerprint density at radius 3 is 2.52 bits per heavy atom. The lowest BCUT2D eigenvalue weighted by Crippen LogP contribution is -2.25. The van der Waals surface area contributed by atoms with Gasteiger partial charge >= 0.3 is 0 Å². The monoisotopic (exact) mass is 361 g/mol. The largest absolute Gasteiger partial charge is 0.494 e. The number of carbonyl (C=O) groups is 1. The van der Waals surface area contributed by atoms with Gasteiger partial charge in [-0.1, -0.05) is 54.6 Å². The van der Waals surface area contributed by atoms with Gasteiger partial charge in [-0.05, 0) is 60.2 Å². The highest BCUT2D eigenvalue weighted by molar-refractivity contribution is 5.86. The molecule has 0 heterocycles. The van der Waals surface area contributed by atoms with Crippen molar-refractivity contribution in [3.05, 3.63) is 77.9 Å². The normalized spacial score (nSPS) is 10.7. The van der Waals surface area contributed by atoms with E-state index in [1.165, 1.54) is 21.9 Å². The molecule has 0 atom stereocenters. The van der Waals surface area contributed by atoms with Crippen LogP contribution in [0.5, 0.6) is 5.75 Å². The zero-order valence-electron chi connectivity index (χ0n) is 15.9. The van der Waals surface area contributed by atoms with E-state index in [0.717, 1.165) is 25.0 Å². The summed E-state index contributed by atoms with van der Waals surface area (Å²) in [6, 6.07) is 22.8. The highest BCUT2D eigenvalue weighted by Gasteiger charge is 2.05. The maximum atomic E-state index is 12.2. The third-order valence-corrected chi connectivity index (χ3v) is 4.70. The summed E-state index contributed by atoms with van der Waals surface area (Å²) in [5, 5.41) is 5.51. The number of ether oxygens (including phenoxy) is 1. The van der Waals surface area contributed by atoms with Crippen LogP contribution in [0.1, 0.15) is 30.9 Å². The minimum Gasteiger partial charge on any atom is -0.494 e. The van der Waals surface area contributed by atoms with Crippen LogP contribution in [0.25, 0.3) is 10.8 Å². The number of hydrogen-bond acceptors (Lipinski definition) is 2. The van der Waals surface area contributed by atoms with Gasteiger partial charge in [0, 0.05) is 13.0 Å². The molecule has 27 heavy (non-hydrogen) atoms. The van der Waals surface area contributed by atoms with Gasteiger partial charge in [0.1, 0.15) is 5.75 Å². The Labute approximate surface area is 161 Å². The molecule has 140 valence electrons. The maximum Gasteiger partial charge on any atom is 0.220 e. The molecular formula is C24H27NO2. The van der Waals surface area contributed by atoms with Crippen molar-refractivity contribution in [2.45, 2.75) is 32.6 Å². The lowest BCUT2D eigenvalue weighted by Gasteiger charge is -2.08. The minimum atomic E-state index is 0.120. The number of aryl methyl sites for hydroxylation is 2. The second-order valence-electron chi connectivity index (χ2n) is 6.67. The van der Waals surface area contributed by atoms with Crippen LogP contribution in [0, 0.1) is 0 Å². The van der Waals surface area contributed by atoms with Gasteiger partial charge in [-0.15, -0.1) is 0 Å². The third-order valence-electron chi connectivity index (χ3n) is 4.70. The lowest BCUT2D eigenvalue weighted by molar-refractivity contribution is -0.121. The molecule has 3 aromatic rings. The number of carbonyl (C=O) groups excluding carboxylic acids is 1. The van der Waals surface area contributed by atoms with Crippen molar-refractivity contribution in [2.24, 2.45) is 0 Å². The van der Waals surface area contributed by atoms with Crippen molar-refractivity contribution in [3.63, 3.8) is 0 Å². The SMILES string of the molecule is CCOc1ccc(CCCNC(=O)CCc2cccc3ccccc23)cc1. The molecule has 3 heteroatoms. The summed E-state index contributed by atoms with van der Waals surface area (Å²) in [6.45, 7) is 3.38. The molecule has 0 aromatic heterocycles. The molecule has 3 nitrogen and oxygen atoms in total. The standard InChI is InChI=1S/C24H27NO2/c1-2-27-22-15-12-19(13-16-22)7-6-18-25-24(26)17-14-21-10-5-9-20-8-3-4-11-23(20)21/h3-5,8-13,15-16H,2,6-7,14,17-18H2,1H3,(H,25,26). The van der Waals surface area contributed by atoms with Crippen LogP contribution in [0.4, 0.5) is 0 Å². The fourth-order valence-corrected chi connectivity index (χ4v) is 3.29. The highest BCUT2D eigenvalue weighted by atomic mass is 16.5. The Bertz CT molecular complexity index is 866. The molecule has 1 N–H and O–H groups in total. The third kappa shape index (κ3) is 5.58. The molecule has 0 bridgehead atoms. The van der Waals surface area contributed by atoms with Gasteiger partial charge in [0.15, 0.2) is 0 Å². The minimum absolute atomic E-state index is 0.120. The van der Waals surface area contributed by atoms with Crippen LogP contribution < -0.4 is 10.1 Å². The molecule has 0 radical (unpaired) electrons. The number of hydrogen-bond donors (Lipinski definition) is 1. The molecule has 0 unspecified atom stereocenters. The van der Waals surface area contributed by atoms with Crippen LogP contribution >= 0.6 is 0 Å². The average molecular weight is 361 g/mol. The van der Waals surface area contributed by atoms with Crippen LogP contribution in [0.3, 0.4) is 0 Å². The predicted molar refractivity (Wildman–Crippen MR) is 111 cm³/mol. The first-order chi connectivity index (χ1) is 13.3. The summed E-state index contributed by atoms with van der Waals surface area (Å²) < 4.78 is 5.45. The zero-order valence-corrected chi connectivity index (χ0v) is 15.9. The van der Waals surface area contributed by atoms with Gasteiger partial charge in [0.2, 0.25) is 5.91 Å². The fourth-order valence-electron chi connectivity index (χ4n) is 3.29. The molecule has 1 amide bonds. The van der Waals surface area contributed by atoms with Crippen LogP contribution in [0.15, 0.2) is 66.7 Å². The summed E-state index contributed by atoms with van der Waals surface area (Å²) in [7, 11) is 0. The smallest absolute Gasteiger partial charge is 0.220 e. The van der Waals surface area contributed by atoms with E-state index < -0.39 is 0 Å². The van der Waals surface area contributed by atoms with Gasteiger partial charge in [0.05, 0.1) is 6.61 Å². The van der Waals surface area contributed by atoms with Gasteiger partial charge in [-0.2, -0.15) is 0 Å². The average Bonchev–Trinajstić information content (AvgIpc) is 2.71. The molecular weight excluding hydrogens is 334 g/mol. The molecule has 0 fully saturated rings. The van der Waals surface area contributed by atoms with Gasteiger partial charge in [-0.25, -0.2) is 0 Å². The fraction of sp³-hybridized carbons (Fsp3) is 0.292. The lowest BCUT2D eigenvalue weighted by atomic mass is 10.0. The number of benzene rings is 3. The number of amides is 1. The van der Waals surface area contributed by atoms with E-state index in [1.54, 1.807) is 0 Å². The number of fused-ring (bicyclic) bond motifs is 1. The van der Waals surface area contributed by atoms with E-state index >= 15 is 0 Å². The van der Waals surface area contributed by atoms with Gasteiger partial charge in [0.25, 0.3) is 0 Å². The topological polar surface area (TPSA) is 38.3 Å². The predicted octanol–water partition coefficient (Wildman–Crippen LogP) is 4.92. The molecule has 3 rings (SSSR count). The molecule has 0 spiro atoms. The Kier molecular flexibility index (Phi) is 6.86. The first-order valence-corrected chi connectivity index (χ1v) is 9.71. The van der Waals surface area contributed by atoms with Crippen molar-refractivity contribution in [1.82, 2.24) is 5.32 Å². The number of rotatable bonds is 9. The van der Waals surface area contributed by atoms with Crippen LogP contribution in [0.2, 0.25) is 0 Å². The van der Waals surface area contributed by atoms with Crippen molar-refractivity contribution < 1.29 is 9.53 Å². The van der Waals surface area contributed by atoms with Crippen LogP contribution in [-0.4, -0.2) is 19.1 Å². The Hall–Kier alpha value is -2.81. The van der Waals surface area contributed by atoms with E-state index in [0.29, 0.717) is 19.6 Å². The van der Waals surface area contributed by atoms with Crippen molar-refractivity contribution in [1.29, 1.82) is 0 Å². The summed E-state index contributed by atoms with van der Waals surface area (Å²) in [5.74, 6) is 1.03. The molecule has 0 aliphatic heterocycles. The Morgan fingerprint density at radius 2 is 1.70 bits per heavy atom. The quantitative estimate of drug-likeness (QED) is 0.549. The molecule has 0 saturated carbocycles. The second kappa shape index (κ2) is 9.77. The van der Waals surface area contributed by atoms with E-state index in [1.807, 2.05) is 31.2 Å². The van der Waals surface area contributed by atoms with Crippen molar-refractivity contribution >= 4 is 16.7 Å². The molecule has 0 aliphatic carbocycles. The maximum absolute atomic E-state index is 12.2. The summed E-state index contributed by atoms with van der Waals surface area (Å²) in [4.78, 5) is 12.2.